The number of piperazine rings is 1. The highest BCUT2D eigenvalue weighted by Crippen LogP contribution is 2.27. The summed E-state index contributed by atoms with van der Waals surface area (Å²) in [6, 6.07) is 7.95. The minimum absolute atomic E-state index is 0.0938. The van der Waals surface area contributed by atoms with Gasteiger partial charge in [-0.25, -0.2) is 8.42 Å². The van der Waals surface area contributed by atoms with Crippen LogP contribution >= 0.6 is 0 Å². The number of methoxy groups -OCH3 is 1. The van der Waals surface area contributed by atoms with Gasteiger partial charge in [-0.15, -0.1) is 0 Å². The van der Waals surface area contributed by atoms with Crippen LogP contribution in [0.5, 0.6) is 5.75 Å². The second-order valence-electron chi connectivity index (χ2n) is 5.44. The summed E-state index contributed by atoms with van der Waals surface area (Å²) in [6.07, 6.45) is 0.655. The molecule has 1 aliphatic heterocycles. The van der Waals surface area contributed by atoms with E-state index < -0.39 is 10.0 Å². The Hall–Kier alpha value is -1.11. The van der Waals surface area contributed by atoms with Crippen LogP contribution in [0.4, 0.5) is 0 Å². The maximum atomic E-state index is 12.3. The Balaban J connectivity index is 2.17. The molecule has 0 radical (unpaired) electrons. The van der Waals surface area contributed by atoms with E-state index in [9.17, 15) is 8.42 Å². The lowest BCUT2D eigenvalue weighted by molar-refractivity contribution is 0.148. The molecule has 0 unspecified atom stereocenters. The molecule has 5 nitrogen and oxygen atoms in total. The molecule has 0 amide bonds. The van der Waals surface area contributed by atoms with Crippen molar-refractivity contribution in [3.05, 3.63) is 29.8 Å². The monoisotopic (exact) mass is 312 g/mol. The Morgan fingerprint density at radius 1 is 1.24 bits per heavy atom. The van der Waals surface area contributed by atoms with E-state index in [0.29, 0.717) is 19.5 Å². The molecule has 2 rings (SSSR count). The summed E-state index contributed by atoms with van der Waals surface area (Å²) < 4.78 is 31.3. The second kappa shape index (κ2) is 6.77. The van der Waals surface area contributed by atoms with Crippen molar-refractivity contribution in [1.82, 2.24) is 9.21 Å². The van der Waals surface area contributed by atoms with Gasteiger partial charge in [0.15, 0.2) is 0 Å². The van der Waals surface area contributed by atoms with Gasteiger partial charge in [-0.2, -0.15) is 4.31 Å². The molecule has 0 aromatic heterocycles. The third-order valence-corrected chi connectivity index (χ3v) is 6.01. The number of benzene rings is 1. The number of hydrogen-bond donors (Lipinski definition) is 0. The molecule has 118 valence electrons. The molecular weight excluding hydrogens is 288 g/mol. The molecule has 0 N–H and O–H groups in total. The van der Waals surface area contributed by atoms with E-state index in [1.807, 2.05) is 38.2 Å². The third-order valence-electron chi connectivity index (χ3n) is 3.97. The fourth-order valence-corrected chi connectivity index (χ4v) is 4.18. The lowest BCUT2D eigenvalue weighted by Crippen LogP contribution is -2.49. The number of sulfonamides is 1. The maximum absolute atomic E-state index is 12.3. The molecule has 0 bridgehead atoms. The van der Waals surface area contributed by atoms with E-state index in [0.717, 1.165) is 17.9 Å². The topological polar surface area (TPSA) is 49.9 Å². The van der Waals surface area contributed by atoms with Crippen LogP contribution in [0, 0.1) is 0 Å². The summed E-state index contributed by atoms with van der Waals surface area (Å²) >= 11 is 0. The van der Waals surface area contributed by atoms with Crippen LogP contribution in [-0.4, -0.2) is 57.2 Å². The predicted octanol–water partition coefficient (Wildman–Crippen LogP) is 1.72. The van der Waals surface area contributed by atoms with Crippen LogP contribution in [0.2, 0.25) is 0 Å². The molecular formula is C15H24N2O3S. The highest BCUT2D eigenvalue weighted by molar-refractivity contribution is 7.89. The average molecular weight is 312 g/mol. The number of hydrogen-bond acceptors (Lipinski definition) is 4. The van der Waals surface area contributed by atoms with Crippen LogP contribution in [0.15, 0.2) is 24.3 Å². The van der Waals surface area contributed by atoms with Gasteiger partial charge in [0.2, 0.25) is 10.0 Å². The van der Waals surface area contributed by atoms with Crippen molar-refractivity contribution in [3.8, 4) is 5.75 Å². The molecule has 1 heterocycles. The Morgan fingerprint density at radius 3 is 2.48 bits per heavy atom. The van der Waals surface area contributed by atoms with Crippen molar-refractivity contribution >= 4 is 10.0 Å². The quantitative estimate of drug-likeness (QED) is 0.831. The van der Waals surface area contributed by atoms with Gasteiger partial charge >= 0.3 is 0 Å². The summed E-state index contributed by atoms with van der Waals surface area (Å²) in [4.78, 5) is 2.21. The molecule has 0 aliphatic carbocycles. The van der Waals surface area contributed by atoms with Gasteiger partial charge in [-0.3, -0.25) is 4.90 Å². The van der Waals surface area contributed by atoms with Crippen molar-refractivity contribution in [3.63, 3.8) is 0 Å². The van der Waals surface area contributed by atoms with Crippen molar-refractivity contribution in [1.29, 1.82) is 0 Å². The Kier molecular flexibility index (Phi) is 5.24. The van der Waals surface area contributed by atoms with Crippen LogP contribution in [0.25, 0.3) is 0 Å². The molecule has 1 atom stereocenters. The highest BCUT2D eigenvalue weighted by Gasteiger charge is 2.31. The molecule has 21 heavy (non-hydrogen) atoms. The van der Waals surface area contributed by atoms with Gasteiger partial charge in [-0.1, -0.05) is 19.1 Å². The maximum Gasteiger partial charge on any atom is 0.214 e. The molecule has 1 aromatic carbocycles. The lowest BCUT2D eigenvalue weighted by Gasteiger charge is -2.39. The predicted molar refractivity (Wildman–Crippen MR) is 84.0 cm³/mol. The number of nitrogens with zero attached hydrogens (tertiary/aromatic N) is 2. The summed E-state index contributed by atoms with van der Waals surface area (Å²) in [7, 11) is 0.551. The van der Waals surface area contributed by atoms with Crippen LogP contribution in [0.1, 0.15) is 24.9 Å². The zero-order chi connectivity index (χ0) is 15.5. The Morgan fingerprint density at radius 2 is 1.90 bits per heavy atom. The Labute approximate surface area is 127 Å². The molecule has 0 spiro atoms. The van der Waals surface area contributed by atoms with Gasteiger partial charge in [0.05, 0.1) is 12.9 Å². The van der Waals surface area contributed by atoms with Gasteiger partial charge in [0.1, 0.15) is 5.75 Å². The summed E-state index contributed by atoms with van der Waals surface area (Å²) in [5, 5.41) is 0. The fourth-order valence-electron chi connectivity index (χ4n) is 2.67. The smallest absolute Gasteiger partial charge is 0.214 e. The molecule has 0 saturated carbocycles. The van der Waals surface area contributed by atoms with E-state index in [4.69, 9.17) is 4.74 Å². The first-order valence-corrected chi connectivity index (χ1v) is 8.91. The highest BCUT2D eigenvalue weighted by atomic mass is 32.2. The van der Waals surface area contributed by atoms with Crippen LogP contribution in [-0.2, 0) is 10.0 Å². The third kappa shape index (κ3) is 3.75. The first-order chi connectivity index (χ1) is 9.97. The number of likely N-dealkylation sites (N-methyl/N-ethyl adjacent to an activating group) is 1. The summed E-state index contributed by atoms with van der Waals surface area (Å²) in [6.45, 7) is 3.74. The largest absolute Gasteiger partial charge is 0.497 e. The lowest BCUT2D eigenvalue weighted by atomic mass is 10.0. The zero-order valence-electron chi connectivity index (χ0n) is 12.9. The van der Waals surface area contributed by atoms with E-state index in [-0.39, 0.29) is 11.8 Å². The van der Waals surface area contributed by atoms with Crippen LogP contribution in [0.3, 0.4) is 0 Å². The zero-order valence-corrected chi connectivity index (χ0v) is 13.8. The standard InChI is InChI=1S/C15H24N2O3S/c1-4-11-21(18,19)17-10-9-16(2)15(12-17)13-5-7-14(20-3)8-6-13/h5-8,15H,4,9-12H2,1-3H3/t15-/m0/s1. The Bertz CT molecular complexity index is 557. The summed E-state index contributed by atoms with van der Waals surface area (Å²) in [5.74, 6) is 1.04. The van der Waals surface area contributed by atoms with Gasteiger partial charge in [0, 0.05) is 25.7 Å². The minimum Gasteiger partial charge on any atom is -0.497 e. The second-order valence-corrected chi connectivity index (χ2v) is 7.53. The van der Waals surface area contributed by atoms with E-state index in [2.05, 4.69) is 4.90 Å². The minimum atomic E-state index is -3.13. The van der Waals surface area contributed by atoms with Crippen molar-refractivity contribution in [2.75, 3.05) is 39.5 Å². The van der Waals surface area contributed by atoms with Crippen molar-refractivity contribution < 1.29 is 13.2 Å². The SMILES string of the molecule is CCCS(=O)(=O)N1CCN(C)[C@H](c2ccc(OC)cc2)C1. The molecule has 1 aliphatic rings. The molecule has 1 fully saturated rings. The van der Waals surface area contributed by atoms with Gasteiger partial charge in [0.25, 0.3) is 0 Å². The molecule has 6 heteroatoms. The van der Waals surface area contributed by atoms with E-state index in [1.165, 1.54) is 0 Å². The molecule has 1 aromatic rings. The first-order valence-electron chi connectivity index (χ1n) is 7.30. The molecule has 1 saturated heterocycles. The fraction of sp³-hybridized carbons (Fsp3) is 0.600. The van der Waals surface area contributed by atoms with Crippen molar-refractivity contribution in [2.45, 2.75) is 19.4 Å². The van der Waals surface area contributed by atoms with Crippen molar-refractivity contribution in [2.24, 2.45) is 0 Å². The number of ether oxygens (including phenoxy) is 1. The van der Waals surface area contributed by atoms with E-state index in [1.54, 1.807) is 11.4 Å². The summed E-state index contributed by atoms with van der Waals surface area (Å²) in [5.41, 5.74) is 1.12. The first kappa shape index (κ1) is 16.3. The van der Waals surface area contributed by atoms with Gasteiger partial charge in [-0.05, 0) is 31.2 Å². The number of rotatable bonds is 5. The van der Waals surface area contributed by atoms with Crippen LogP contribution < -0.4 is 4.74 Å². The van der Waals surface area contributed by atoms with E-state index >= 15 is 0 Å². The van der Waals surface area contributed by atoms with Gasteiger partial charge < -0.3 is 4.74 Å². The average Bonchev–Trinajstić information content (AvgIpc) is 2.47. The normalized spacial score (nSPS) is 21.4.